The molecule has 0 aromatic carbocycles. The van der Waals surface area contributed by atoms with E-state index in [-0.39, 0.29) is 5.54 Å². The molecule has 1 N–H and O–H groups in total. The first-order valence-electron chi connectivity index (χ1n) is 8.32. The Morgan fingerprint density at radius 3 is 2.26 bits per heavy atom. The molecule has 1 atom stereocenters. The van der Waals surface area contributed by atoms with E-state index in [0.29, 0.717) is 6.10 Å². The lowest BCUT2D eigenvalue weighted by Crippen LogP contribution is -2.36. The smallest absolute Gasteiger partial charge is 0.0547 e. The van der Waals surface area contributed by atoms with Crippen LogP contribution in [0.3, 0.4) is 0 Å². The van der Waals surface area contributed by atoms with Gasteiger partial charge in [-0.05, 0) is 59.9 Å². The summed E-state index contributed by atoms with van der Waals surface area (Å²) in [5, 5.41) is 3.52. The van der Waals surface area contributed by atoms with E-state index in [1.54, 1.807) is 0 Å². The molecule has 0 amide bonds. The molecule has 0 rings (SSSR count). The van der Waals surface area contributed by atoms with Crippen LogP contribution < -0.4 is 5.32 Å². The van der Waals surface area contributed by atoms with Crippen molar-refractivity contribution in [1.29, 1.82) is 0 Å². The first-order valence-corrected chi connectivity index (χ1v) is 8.32. The van der Waals surface area contributed by atoms with Crippen molar-refractivity contribution in [2.24, 2.45) is 0 Å². The Morgan fingerprint density at radius 2 is 1.63 bits per heavy atom. The molecule has 0 fully saturated rings. The molecule has 116 valence electrons. The number of rotatable bonds is 12. The highest BCUT2D eigenvalue weighted by molar-refractivity contribution is 4.69. The van der Waals surface area contributed by atoms with Gasteiger partial charge in [0.25, 0.3) is 0 Å². The third-order valence-electron chi connectivity index (χ3n) is 3.34. The van der Waals surface area contributed by atoms with Gasteiger partial charge in [0.1, 0.15) is 0 Å². The first kappa shape index (κ1) is 18.9. The van der Waals surface area contributed by atoms with Crippen LogP contribution in [0, 0.1) is 0 Å². The topological polar surface area (TPSA) is 21.3 Å². The molecule has 1 unspecified atom stereocenters. The third-order valence-corrected chi connectivity index (χ3v) is 3.34. The van der Waals surface area contributed by atoms with Gasteiger partial charge in [-0.3, -0.25) is 0 Å². The van der Waals surface area contributed by atoms with Crippen molar-refractivity contribution < 1.29 is 4.74 Å². The van der Waals surface area contributed by atoms with Gasteiger partial charge < -0.3 is 10.1 Å². The van der Waals surface area contributed by atoms with Crippen LogP contribution in [-0.2, 0) is 4.74 Å². The Bertz CT molecular complexity index is 186. The molecule has 0 heterocycles. The van der Waals surface area contributed by atoms with Crippen molar-refractivity contribution in [2.75, 3.05) is 13.2 Å². The van der Waals surface area contributed by atoms with Crippen LogP contribution in [0.4, 0.5) is 0 Å². The lowest BCUT2D eigenvalue weighted by Gasteiger charge is -2.20. The first-order chi connectivity index (χ1) is 8.95. The molecule has 2 nitrogen and oxygen atoms in total. The monoisotopic (exact) mass is 271 g/mol. The summed E-state index contributed by atoms with van der Waals surface area (Å²) in [5.74, 6) is 0. The van der Waals surface area contributed by atoms with Gasteiger partial charge in [0.05, 0.1) is 6.10 Å². The van der Waals surface area contributed by atoms with Gasteiger partial charge in [0.15, 0.2) is 0 Å². The summed E-state index contributed by atoms with van der Waals surface area (Å²) in [6.45, 7) is 13.2. The molecule has 0 aliphatic carbocycles. The Labute approximate surface area is 121 Å². The predicted molar refractivity (Wildman–Crippen MR) is 85.8 cm³/mol. The standard InChI is InChI=1S/C17H37NO/c1-6-7-8-10-13-16(2)19-15-12-9-11-14-18-17(3,4)5/h16,18H,6-15H2,1-5H3. The van der Waals surface area contributed by atoms with Gasteiger partial charge >= 0.3 is 0 Å². The fourth-order valence-corrected chi connectivity index (χ4v) is 2.09. The fraction of sp³-hybridized carbons (Fsp3) is 1.00. The van der Waals surface area contributed by atoms with E-state index in [1.165, 1.54) is 51.4 Å². The van der Waals surface area contributed by atoms with Crippen molar-refractivity contribution in [3.05, 3.63) is 0 Å². The summed E-state index contributed by atoms with van der Waals surface area (Å²) in [5.41, 5.74) is 0.253. The zero-order chi connectivity index (χ0) is 14.6. The SMILES string of the molecule is CCCCCCC(C)OCCCCCNC(C)(C)C. The van der Waals surface area contributed by atoms with E-state index >= 15 is 0 Å². The number of hydrogen-bond donors (Lipinski definition) is 1. The molecule has 19 heavy (non-hydrogen) atoms. The second kappa shape index (κ2) is 11.7. The van der Waals surface area contributed by atoms with Gasteiger partial charge in [-0.2, -0.15) is 0 Å². The molecule has 0 saturated heterocycles. The second-order valence-corrected chi connectivity index (χ2v) is 6.77. The van der Waals surface area contributed by atoms with E-state index in [4.69, 9.17) is 4.74 Å². The van der Waals surface area contributed by atoms with E-state index in [1.807, 2.05) is 0 Å². The molecule has 0 aliphatic heterocycles. The van der Waals surface area contributed by atoms with E-state index < -0.39 is 0 Å². The molecule has 0 bridgehead atoms. The molecular weight excluding hydrogens is 234 g/mol. The number of hydrogen-bond acceptors (Lipinski definition) is 2. The Balaban J connectivity index is 3.20. The maximum Gasteiger partial charge on any atom is 0.0547 e. The lowest BCUT2D eigenvalue weighted by molar-refractivity contribution is 0.0557. The Kier molecular flexibility index (Phi) is 11.7. The minimum atomic E-state index is 0.253. The summed E-state index contributed by atoms with van der Waals surface area (Å²) < 4.78 is 5.85. The van der Waals surface area contributed by atoms with Crippen molar-refractivity contribution >= 4 is 0 Å². The van der Waals surface area contributed by atoms with Crippen molar-refractivity contribution in [1.82, 2.24) is 5.32 Å². The van der Waals surface area contributed by atoms with Crippen LogP contribution in [-0.4, -0.2) is 24.8 Å². The summed E-state index contributed by atoms with van der Waals surface area (Å²) in [4.78, 5) is 0. The molecule has 0 saturated carbocycles. The van der Waals surface area contributed by atoms with Crippen LogP contribution in [0.2, 0.25) is 0 Å². The normalized spacial score (nSPS) is 13.7. The van der Waals surface area contributed by atoms with Gasteiger partial charge in [-0.1, -0.05) is 32.6 Å². The highest BCUT2D eigenvalue weighted by atomic mass is 16.5. The van der Waals surface area contributed by atoms with E-state index in [0.717, 1.165) is 13.2 Å². The average molecular weight is 271 g/mol. The van der Waals surface area contributed by atoms with Crippen LogP contribution in [0.1, 0.15) is 86.0 Å². The van der Waals surface area contributed by atoms with Crippen LogP contribution >= 0.6 is 0 Å². The molecule has 0 radical (unpaired) electrons. The van der Waals surface area contributed by atoms with Gasteiger partial charge in [0, 0.05) is 12.1 Å². The molecule has 0 aliphatic rings. The Hall–Kier alpha value is -0.0800. The van der Waals surface area contributed by atoms with Gasteiger partial charge in [-0.25, -0.2) is 0 Å². The van der Waals surface area contributed by atoms with E-state index in [2.05, 4.69) is 39.9 Å². The summed E-state index contributed by atoms with van der Waals surface area (Å²) in [6, 6.07) is 0. The minimum Gasteiger partial charge on any atom is -0.379 e. The molecule has 0 aromatic rings. The van der Waals surface area contributed by atoms with Crippen molar-refractivity contribution in [3.63, 3.8) is 0 Å². The maximum atomic E-state index is 5.85. The van der Waals surface area contributed by atoms with Crippen LogP contribution in [0.15, 0.2) is 0 Å². The molecule has 0 aromatic heterocycles. The zero-order valence-corrected chi connectivity index (χ0v) is 14.1. The van der Waals surface area contributed by atoms with E-state index in [9.17, 15) is 0 Å². The number of nitrogens with one attached hydrogen (secondary N) is 1. The zero-order valence-electron chi connectivity index (χ0n) is 14.1. The fourth-order valence-electron chi connectivity index (χ4n) is 2.09. The minimum absolute atomic E-state index is 0.253. The second-order valence-electron chi connectivity index (χ2n) is 6.77. The average Bonchev–Trinajstić information content (AvgIpc) is 2.32. The van der Waals surface area contributed by atoms with Crippen LogP contribution in [0.25, 0.3) is 0 Å². The van der Waals surface area contributed by atoms with Crippen molar-refractivity contribution in [2.45, 2.75) is 97.6 Å². The van der Waals surface area contributed by atoms with Crippen LogP contribution in [0.5, 0.6) is 0 Å². The van der Waals surface area contributed by atoms with Gasteiger partial charge in [-0.15, -0.1) is 0 Å². The third kappa shape index (κ3) is 15.9. The summed E-state index contributed by atoms with van der Waals surface area (Å²) >= 11 is 0. The number of ether oxygens (including phenoxy) is 1. The summed E-state index contributed by atoms with van der Waals surface area (Å²) in [7, 11) is 0. The predicted octanol–water partition coefficient (Wildman–Crippen LogP) is 4.92. The highest BCUT2D eigenvalue weighted by Crippen LogP contribution is 2.08. The maximum absolute atomic E-state index is 5.85. The van der Waals surface area contributed by atoms with Crippen molar-refractivity contribution in [3.8, 4) is 0 Å². The molecule has 0 spiro atoms. The summed E-state index contributed by atoms with van der Waals surface area (Å²) in [6.07, 6.45) is 10.8. The lowest BCUT2D eigenvalue weighted by atomic mass is 10.1. The molecular formula is C17H37NO. The van der Waals surface area contributed by atoms with Gasteiger partial charge in [0.2, 0.25) is 0 Å². The largest absolute Gasteiger partial charge is 0.379 e. The Morgan fingerprint density at radius 1 is 0.947 bits per heavy atom. The molecule has 2 heteroatoms. The highest BCUT2D eigenvalue weighted by Gasteiger charge is 2.07. The number of unbranched alkanes of at least 4 members (excludes halogenated alkanes) is 5. The quantitative estimate of drug-likeness (QED) is 0.509.